The van der Waals surface area contributed by atoms with Crippen LogP contribution in [0.25, 0.3) is 10.9 Å². The van der Waals surface area contributed by atoms with Gasteiger partial charge in [-0.25, -0.2) is 9.78 Å². The first-order valence-corrected chi connectivity index (χ1v) is 7.95. The zero-order valence-corrected chi connectivity index (χ0v) is 14.1. The Balaban J connectivity index is 1.97. The summed E-state index contributed by atoms with van der Waals surface area (Å²) in [6, 6.07) is 11.8. The molecule has 0 saturated heterocycles. The van der Waals surface area contributed by atoms with Gasteiger partial charge in [-0.15, -0.1) is 0 Å². The van der Waals surface area contributed by atoms with E-state index in [-0.39, 0.29) is 12.0 Å². The monoisotopic (exact) mass is 325 g/mol. The minimum Gasteiger partial charge on any atom is -0.465 e. The van der Waals surface area contributed by atoms with E-state index in [0.29, 0.717) is 12.1 Å². The summed E-state index contributed by atoms with van der Waals surface area (Å²) in [7, 11) is 1.40. The fourth-order valence-electron chi connectivity index (χ4n) is 2.92. The molecule has 3 rings (SSSR count). The number of nitrogens with two attached hydrogens (primary N) is 1. The molecule has 2 aromatic heterocycles. The van der Waals surface area contributed by atoms with Gasteiger partial charge in [-0.3, -0.25) is 0 Å². The Hall–Kier alpha value is -2.66. The van der Waals surface area contributed by atoms with Crippen LogP contribution in [0.2, 0.25) is 0 Å². The molecule has 1 atom stereocenters. The number of rotatable bonds is 5. The number of hydrogen-bond donors (Lipinski definition) is 1. The minimum atomic E-state index is -0.347. The maximum atomic E-state index is 12.3. The SMILES string of the molecule is COC(=O)c1c(C[NH2+][C@H](C)c2ccco2)nc2ccccc2c1C. The Morgan fingerprint density at radius 2 is 2.08 bits per heavy atom. The van der Waals surface area contributed by atoms with Crippen molar-refractivity contribution in [2.75, 3.05) is 7.11 Å². The van der Waals surface area contributed by atoms with Gasteiger partial charge in [0.05, 0.1) is 24.5 Å². The summed E-state index contributed by atoms with van der Waals surface area (Å²) in [5.41, 5.74) is 3.08. The van der Waals surface area contributed by atoms with Gasteiger partial charge in [-0.1, -0.05) is 18.2 Å². The first-order valence-electron chi connectivity index (χ1n) is 7.95. The number of para-hydroxylation sites is 1. The zero-order chi connectivity index (χ0) is 17.1. The van der Waals surface area contributed by atoms with Crippen molar-refractivity contribution in [3.63, 3.8) is 0 Å². The normalized spacial score (nSPS) is 12.3. The van der Waals surface area contributed by atoms with Crippen LogP contribution in [0.15, 0.2) is 47.1 Å². The molecular formula is C19H21N2O3+. The highest BCUT2D eigenvalue weighted by Gasteiger charge is 2.21. The Kier molecular flexibility index (Phi) is 4.62. The van der Waals surface area contributed by atoms with Gasteiger partial charge in [0, 0.05) is 5.39 Å². The van der Waals surface area contributed by atoms with Crippen LogP contribution in [0.1, 0.15) is 40.3 Å². The number of carbonyl (C=O) groups excluding carboxylic acids is 1. The van der Waals surface area contributed by atoms with E-state index in [1.807, 2.05) is 43.3 Å². The smallest absolute Gasteiger partial charge is 0.340 e. The summed E-state index contributed by atoms with van der Waals surface area (Å²) in [5.74, 6) is 0.548. The molecule has 2 heterocycles. The fraction of sp³-hybridized carbons (Fsp3) is 0.263. The van der Waals surface area contributed by atoms with Gasteiger partial charge in [0.25, 0.3) is 0 Å². The van der Waals surface area contributed by atoms with Crippen molar-refractivity contribution in [1.29, 1.82) is 0 Å². The molecule has 0 unspecified atom stereocenters. The number of benzene rings is 1. The summed E-state index contributed by atoms with van der Waals surface area (Å²) >= 11 is 0. The maximum Gasteiger partial charge on any atom is 0.340 e. The van der Waals surface area contributed by atoms with Crippen LogP contribution in [-0.2, 0) is 11.3 Å². The molecule has 0 fully saturated rings. The Labute approximate surface area is 140 Å². The maximum absolute atomic E-state index is 12.3. The molecule has 124 valence electrons. The van der Waals surface area contributed by atoms with Gasteiger partial charge in [0.2, 0.25) is 0 Å². The van der Waals surface area contributed by atoms with Gasteiger partial charge in [-0.05, 0) is 37.6 Å². The molecule has 24 heavy (non-hydrogen) atoms. The number of fused-ring (bicyclic) bond motifs is 1. The zero-order valence-electron chi connectivity index (χ0n) is 14.1. The first kappa shape index (κ1) is 16.2. The summed E-state index contributed by atoms with van der Waals surface area (Å²) in [6.07, 6.45) is 1.66. The molecule has 0 aliphatic carbocycles. The Bertz CT molecular complexity index is 856. The number of furan rings is 1. The van der Waals surface area contributed by atoms with Crippen LogP contribution in [0, 0.1) is 6.92 Å². The van der Waals surface area contributed by atoms with E-state index in [4.69, 9.17) is 14.1 Å². The largest absolute Gasteiger partial charge is 0.465 e. The van der Waals surface area contributed by atoms with Gasteiger partial charge in [-0.2, -0.15) is 0 Å². The van der Waals surface area contributed by atoms with E-state index in [1.165, 1.54) is 7.11 Å². The number of aryl methyl sites for hydroxylation is 1. The van der Waals surface area contributed by atoms with Crippen molar-refractivity contribution in [3.05, 3.63) is 65.2 Å². The van der Waals surface area contributed by atoms with E-state index in [0.717, 1.165) is 27.9 Å². The molecule has 0 amide bonds. The molecule has 0 radical (unpaired) electrons. The Morgan fingerprint density at radius 3 is 2.79 bits per heavy atom. The lowest BCUT2D eigenvalue weighted by Gasteiger charge is -2.14. The molecule has 3 aromatic rings. The summed E-state index contributed by atoms with van der Waals surface area (Å²) in [4.78, 5) is 17.0. The first-order chi connectivity index (χ1) is 11.6. The second kappa shape index (κ2) is 6.84. The quantitative estimate of drug-likeness (QED) is 0.732. The molecule has 0 bridgehead atoms. The molecule has 2 N–H and O–H groups in total. The molecule has 0 saturated carbocycles. The highest BCUT2D eigenvalue weighted by Crippen LogP contribution is 2.23. The lowest BCUT2D eigenvalue weighted by molar-refractivity contribution is -0.710. The van der Waals surface area contributed by atoms with Gasteiger partial charge >= 0.3 is 5.97 Å². The van der Waals surface area contributed by atoms with Crippen LogP contribution in [-0.4, -0.2) is 18.1 Å². The van der Waals surface area contributed by atoms with Gasteiger partial charge in [0.15, 0.2) is 5.76 Å². The number of nitrogens with zero attached hydrogens (tertiary/aromatic N) is 1. The number of quaternary nitrogens is 1. The van der Waals surface area contributed by atoms with Crippen LogP contribution in [0.4, 0.5) is 0 Å². The van der Waals surface area contributed by atoms with Crippen molar-refractivity contribution in [1.82, 2.24) is 4.98 Å². The van der Waals surface area contributed by atoms with Crippen molar-refractivity contribution in [2.45, 2.75) is 26.4 Å². The highest BCUT2D eigenvalue weighted by atomic mass is 16.5. The van der Waals surface area contributed by atoms with Crippen molar-refractivity contribution < 1.29 is 19.3 Å². The number of esters is 1. The van der Waals surface area contributed by atoms with Crippen LogP contribution in [0.3, 0.4) is 0 Å². The number of carbonyl (C=O) groups is 1. The fourth-order valence-corrected chi connectivity index (χ4v) is 2.92. The summed E-state index contributed by atoms with van der Waals surface area (Å²) < 4.78 is 10.4. The molecule has 1 aromatic carbocycles. The third-order valence-electron chi connectivity index (χ3n) is 4.27. The second-order valence-electron chi connectivity index (χ2n) is 5.81. The van der Waals surface area contributed by atoms with Crippen molar-refractivity contribution in [2.24, 2.45) is 0 Å². The van der Waals surface area contributed by atoms with E-state index < -0.39 is 0 Å². The number of ether oxygens (including phenoxy) is 1. The van der Waals surface area contributed by atoms with Crippen molar-refractivity contribution >= 4 is 16.9 Å². The Morgan fingerprint density at radius 1 is 1.29 bits per heavy atom. The van der Waals surface area contributed by atoms with E-state index in [9.17, 15) is 4.79 Å². The highest BCUT2D eigenvalue weighted by molar-refractivity contribution is 5.98. The molecule has 0 spiro atoms. The number of pyridine rings is 1. The number of methoxy groups -OCH3 is 1. The van der Waals surface area contributed by atoms with Crippen molar-refractivity contribution in [3.8, 4) is 0 Å². The lowest BCUT2D eigenvalue weighted by atomic mass is 10.0. The number of aromatic nitrogens is 1. The third-order valence-corrected chi connectivity index (χ3v) is 4.27. The summed E-state index contributed by atoms with van der Waals surface area (Å²) in [6.45, 7) is 4.57. The predicted molar refractivity (Wildman–Crippen MR) is 90.6 cm³/mol. The molecule has 0 aliphatic heterocycles. The molecule has 5 heteroatoms. The van der Waals surface area contributed by atoms with E-state index >= 15 is 0 Å². The molecule has 0 aliphatic rings. The predicted octanol–water partition coefficient (Wildman–Crippen LogP) is 2.75. The van der Waals surface area contributed by atoms with Crippen LogP contribution in [0.5, 0.6) is 0 Å². The molecule has 5 nitrogen and oxygen atoms in total. The topological polar surface area (TPSA) is 68.9 Å². The van der Waals surface area contributed by atoms with E-state index in [1.54, 1.807) is 6.26 Å². The molecular weight excluding hydrogens is 304 g/mol. The second-order valence-corrected chi connectivity index (χ2v) is 5.81. The van der Waals surface area contributed by atoms with Gasteiger partial charge in [0.1, 0.15) is 18.3 Å². The van der Waals surface area contributed by atoms with Crippen LogP contribution < -0.4 is 5.32 Å². The lowest BCUT2D eigenvalue weighted by Crippen LogP contribution is -2.83. The summed E-state index contributed by atoms with van der Waals surface area (Å²) in [5, 5.41) is 3.07. The van der Waals surface area contributed by atoms with Gasteiger partial charge < -0.3 is 14.5 Å². The van der Waals surface area contributed by atoms with E-state index in [2.05, 4.69) is 12.2 Å². The average Bonchev–Trinajstić information content (AvgIpc) is 3.14. The standard InChI is InChI=1S/C19H20N2O3/c1-12-14-7-4-5-8-15(14)21-16(18(12)19(22)23-3)11-20-13(2)17-9-6-10-24-17/h4-10,13,20H,11H2,1-3H3/p+1/t13-/m1/s1. The minimum absolute atomic E-state index is 0.138. The van der Waals surface area contributed by atoms with Crippen LogP contribution >= 0.6 is 0 Å². The number of hydrogen-bond acceptors (Lipinski definition) is 4. The average molecular weight is 325 g/mol. The third kappa shape index (κ3) is 3.03.